The average Bonchev–Trinajstić information content (AvgIpc) is 2.77. The van der Waals surface area contributed by atoms with Gasteiger partial charge in [0.1, 0.15) is 6.07 Å². The van der Waals surface area contributed by atoms with Crippen LogP contribution in [-0.4, -0.2) is 48.8 Å². The number of oxazole rings is 1. The fraction of sp³-hybridized carbons (Fsp3) is 0.667. The lowest BCUT2D eigenvalue weighted by Gasteiger charge is -2.32. The van der Waals surface area contributed by atoms with E-state index in [1.807, 2.05) is 6.07 Å². The van der Waals surface area contributed by atoms with Gasteiger partial charge in [-0.3, -0.25) is 4.90 Å². The third-order valence-corrected chi connectivity index (χ3v) is 3.07. The highest BCUT2D eigenvalue weighted by molar-refractivity contribution is 5.45. The van der Waals surface area contributed by atoms with Crippen LogP contribution in [0.5, 0.6) is 0 Å². The molecule has 1 N–H and O–H groups in total. The van der Waals surface area contributed by atoms with E-state index in [4.69, 9.17) is 14.4 Å². The number of morpholine rings is 1. The smallest absolute Gasteiger partial charge is 0.232 e. The van der Waals surface area contributed by atoms with Crippen molar-refractivity contribution in [1.29, 1.82) is 5.26 Å². The fourth-order valence-electron chi connectivity index (χ4n) is 2.01. The summed E-state index contributed by atoms with van der Waals surface area (Å²) < 4.78 is 10.7. The second kappa shape index (κ2) is 5.85. The van der Waals surface area contributed by atoms with Gasteiger partial charge in [-0.25, -0.2) is 4.98 Å². The number of nitriles is 1. The largest absolute Gasteiger partial charge is 0.424 e. The van der Waals surface area contributed by atoms with Crippen molar-refractivity contribution in [1.82, 2.24) is 9.88 Å². The Kier molecular flexibility index (Phi) is 4.18. The Balaban J connectivity index is 1.88. The van der Waals surface area contributed by atoms with Crippen molar-refractivity contribution < 1.29 is 9.15 Å². The number of nitrogens with one attached hydrogen (secondary N) is 1. The fourth-order valence-corrected chi connectivity index (χ4v) is 2.01. The number of hydrogen-bond donors (Lipinski definition) is 1. The van der Waals surface area contributed by atoms with E-state index in [0.29, 0.717) is 23.5 Å². The van der Waals surface area contributed by atoms with E-state index >= 15 is 0 Å². The molecule has 6 heteroatoms. The van der Waals surface area contributed by atoms with Crippen LogP contribution in [-0.2, 0) is 4.74 Å². The molecule has 0 bridgehead atoms. The lowest BCUT2D eigenvalue weighted by molar-refractivity contribution is 0.0226. The van der Waals surface area contributed by atoms with Crippen LogP contribution in [0, 0.1) is 18.3 Å². The maximum Gasteiger partial charge on any atom is 0.232 e. The average molecular weight is 250 g/mol. The first kappa shape index (κ1) is 12.9. The topological polar surface area (TPSA) is 74.3 Å². The van der Waals surface area contributed by atoms with Gasteiger partial charge >= 0.3 is 0 Å². The number of aromatic nitrogens is 1. The van der Waals surface area contributed by atoms with E-state index in [1.54, 1.807) is 6.92 Å². The molecule has 1 aliphatic rings. The third kappa shape index (κ3) is 3.00. The number of ether oxygens (including phenoxy) is 1. The molecule has 6 nitrogen and oxygen atoms in total. The summed E-state index contributed by atoms with van der Waals surface area (Å²) in [6, 6.07) is 2.39. The molecule has 2 heterocycles. The van der Waals surface area contributed by atoms with E-state index in [2.05, 4.69) is 22.1 Å². The lowest BCUT2D eigenvalue weighted by atomic mass is 10.2. The number of hydrogen-bond acceptors (Lipinski definition) is 6. The predicted molar refractivity (Wildman–Crippen MR) is 66.3 cm³/mol. The van der Waals surface area contributed by atoms with Crippen molar-refractivity contribution in [2.24, 2.45) is 0 Å². The van der Waals surface area contributed by atoms with Gasteiger partial charge in [0.05, 0.1) is 13.2 Å². The molecule has 1 aromatic heterocycles. The van der Waals surface area contributed by atoms with Crippen LogP contribution in [0.1, 0.15) is 18.5 Å². The van der Waals surface area contributed by atoms with Gasteiger partial charge in [-0.1, -0.05) is 0 Å². The molecular weight excluding hydrogens is 232 g/mol. The van der Waals surface area contributed by atoms with Crippen molar-refractivity contribution in [3.8, 4) is 6.07 Å². The second-order valence-electron chi connectivity index (χ2n) is 4.40. The molecule has 1 aliphatic heterocycles. The van der Waals surface area contributed by atoms with Gasteiger partial charge in [0.15, 0.2) is 5.89 Å². The molecule has 0 radical (unpaired) electrons. The Labute approximate surface area is 107 Å². The van der Waals surface area contributed by atoms with Gasteiger partial charge < -0.3 is 14.5 Å². The Morgan fingerprint density at radius 2 is 2.22 bits per heavy atom. The number of anilines is 1. The van der Waals surface area contributed by atoms with E-state index in [9.17, 15) is 0 Å². The highest BCUT2D eigenvalue weighted by atomic mass is 16.5. The summed E-state index contributed by atoms with van der Waals surface area (Å²) in [6.45, 7) is 8.07. The van der Waals surface area contributed by atoms with Crippen LogP contribution >= 0.6 is 0 Å². The van der Waals surface area contributed by atoms with Gasteiger partial charge in [-0.05, 0) is 6.92 Å². The highest BCUT2D eigenvalue weighted by Crippen LogP contribution is 2.16. The van der Waals surface area contributed by atoms with Crippen LogP contribution in [0.15, 0.2) is 4.42 Å². The maximum atomic E-state index is 8.91. The molecule has 0 saturated carbocycles. The van der Waals surface area contributed by atoms with Crippen molar-refractivity contribution in [2.45, 2.75) is 19.9 Å². The molecule has 0 unspecified atom stereocenters. The molecule has 98 valence electrons. The first-order chi connectivity index (χ1) is 8.70. The Morgan fingerprint density at radius 1 is 1.50 bits per heavy atom. The minimum Gasteiger partial charge on any atom is -0.424 e. The molecule has 0 spiro atoms. The predicted octanol–water partition coefficient (Wildman–Crippen LogP) is 0.987. The van der Waals surface area contributed by atoms with Gasteiger partial charge in [-0.15, -0.1) is 0 Å². The summed E-state index contributed by atoms with van der Waals surface area (Å²) in [6.07, 6.45) is 0. The molecule has 0 aromatic carbocycles. The van der Waals surface area contributed by atoms with Crippen LogP contribution in [0.4, 0.5) is 5.88 Å². The zero-order valence-electron chi connectivity index (χ0n) is 10.8. The van der Waals surface area contributed by atoms with Crippen LogP contribution in [0.3, 0.4) is 0 Å². The minimum atomic E-state index is 0.321. The molecular formula is C12H18N4O2. The number of nitrogens with zero attached hydrogens (tertiary/aromatic N) is 3. The first-order valence-electron chi connectivity index (χ1n) is 6.14. The molecule has 0 amide bonds. The van der Waals surface area contributed by atoms with Crippen molar-refractivity contribution in [3.63, 3.8) is 0 Å². The molecule has 0 aliphatic carbocycles. The SMILES string of the molecule is Cc1nc(C#N)c(NC[C@H](C)N2CCOCC2)o1. The summed E-state index contributed by atoms with van der Waals surface area (Å²) in [5, 5.41) is 12.1. The van der Waals surface area contributed by atoms with Gasteiger partial charge in [0, 0.05) is 32.6 Å². The van der Waals surface area contributed by atoms with Gasteiger partial charge in [0.2, 0.25) is 11.6 Å². The van der Waals surface area contributed by atoms with Crippen LogP contribution < -0.4 is 5.32 Å². The minimum absolute atomic E-state index is 0.321. The second-order valence-corrected chi connectivity index (χ2v) is 4.40. The van der Waals surface area contributed by atoms with E-state index < -0.39 is 0 Å². The molecule has 1 atom stereocenters. The van der Waals surface area contributed by atoms with Gasteiger partial charge in [-0.2, -0.15) is 5.26 Å². The standard InChI is InChI=1S/C12H18N4O2/c1-9(16-3-5-17-6-4-16)8-14-12-11(7-13)15-10(2)18-12/h9,14H,3-6,8H2,1-2H3/t9-/m0/s1. The number of rotatable bonds is 4. The van der Waals surface area contributed by atoms with Crippen LogP contribution in [0.2, 0.25) is 0 Å². The number of aryl methyl sites for hydroxylation is 1. The van der Waals surface area contributed by atoms with Crippen molar-refractivity contribution in [2.75, 3.05) is 38.2 Å². The van der Waals surface area contributed by atoms with Crippen LogP contribution in [0.25, 0.3) is 0 Å². The Hall–Kier alpha value is -1.58. The summed E-state index contributed by atoms with van der Waals surface area (Å²) in [5.74, 6) is 0.975. The maximum absolute atomic E-state index is 8.91. The first-order valence-corrected chi connectivity index (χ1v) is 6.14. The normalized spacial score (nSPS) is 18.3. The highest BCUT2D eigenvalue weighted by Gasteiger charge is 2.18. The van der Waals surface area contributed by atoms with E-state index in [1.165, 1.54) is 0 Å². The Morgan fingerprint density at radius 3 is 2.89 bits per heavy atom. The third-order valence-electron chi connectivity index (χ3n) is 3.07. The molecule has 2 rings (SSSR count). The zero-order chi connectivity index (χ0) is 13.0. The summed E-state index contributed by atoms with van der Waals surface area (Å²) in [5.41, 5.74) is 0.321. The molecule has 1 fully saturated rings. The summed E-state index contributed by atoms with van der Waals surface area (Å²) >= 11 is 0. The summed E-state index contributed by atoms with van der Waals surface area (Å²) in [7, 11) is 0. The van der Waals surface area contributed by atoms with Gasteiger partial charge in [0.25, 0.3) is 0 Å². The molecule has 18 heavy (non-hydrogen) atoms. The molecule has 1 aromatic rings. The van der Waals surface area contributed by atoms with E-state index in [-0.39, 0.29) is 0 Å². The van der Waals surface area contributed by atoms with Crippen molar-refractivity contribution in [3.05, 3.63) is 11.6 Å². The quantitative estimate of drug-likeness (QED) is 0.859. The zero-order valence-corrected chi connectivity index (χ0v) is 10.8. The van der Waals surface area contributed by atoms with Crippen molar-refractivity contribution >= 4 is 5.88 Å². The summed E-state index contributed by atoms with van der Waals surface area (Å²) in [4.78, 5) is 6.35. The lowest BCUT2D eigenvalue weighted by Crippen LogP contribution is -2.45. The monoisotopic (exact) mass is 250 g/mol. The Bertz CT molecular complexity index is 432. The van der Waals surface area contributed by atoms with E-state index in [0.717, 1.165) is 32.8 Å². The molecule has 1 saturated heterocycles.